The van der Waals surface area contributed by atoms with E-state index in [0.717, 1.165) is 13.0 Å². The van der Waals surface area contributed by atoms with Crippen LogP contribution in [0.2, 0.25) is 0 Å². The predicted molar refractivity (Wildman–Crippen MR) is 117 cm³/mol. The summed E-state index contributed by atoms with van der Waals surface area (Å²) in [5.41, 5.74) is 0. The van der Waals surface area contributed by atoms with E-state index in [4.69, 9.17) is 4.74 Å². The van der Waals surface area contributed by atoms with Crippen molar-refractivity contribution in [3.8, 4) is 0 Å². The Balaban J connectivity index is 1.90. The first kappa shape index (κ1) is 23.1. The molecule has 0 aliphatic carbocycles. The largest absolute Gasteiger partial charge is 0.373 e. The van der Waals surface area contributed by atoms with Crippen LogP contribution in [0.3, 0.4) is 0 Å². The van der Waals surface area contributed by atoms with Crippen molar-refractivity contribution < 1.29 is 13.2 Å². The lowest BCUT2D eigenvalue weighted by atomic mass is 10.2. The van der Waals surface area contributed by atoms with E-state index in [2.05, 4.69) is 41.6 Å². The summed E-state index contributed by atoms with van der Waals surface area (Å²) >= 11 is 1.80. The quantitative estimate of drug-likeness (QED) is 0.487. The molecule has 3 unspecified atom stereocenters. The third-order valence-electron chi connectivity index (χ3n) is 4.43. The lowest BCUT2D eigenvalue weighted by Gasteiger charge is -2.34. The van der Waals surface area contributed by atoms with E-state index in [9.17, 15) is 8.42 Å². The fraction of sp³-hybridized carbons (Fsp3) is 0.737. The number of morpholine rings is 1. The van der Waals surface area contributed by atoms with Crippen LogP contribution in [-0.2, 0) is 21.2 Å². The number of nitrogens with one attached hydrogen (secondary N) is 2. The maximum atomic E-state index is 12.6. The van der Waals surface area contributed by atoms with Crippen LogP contribution in [0.15, 0.2) is 17.1 Å². The number of rotatable bonds is 8. The zero-order valence-electron chi connectivity index (χ0n) is 17.6. The smallest absolute Gasteiger partial charge is 0.216 e. The molecule has 0 aromatic carbocycles. The SMILES string of the molecule is CCNC(=NCCS(=O)(=O)N1CC(C)OC(C)C1)NC(C)Cc1ccc(C)s1. The molecule has 1 aromatic heterocycles. The number of aliphatic imine (C=N–C) groups is 1. The van der Waals surface area contributed by atoms with Gasteiger partial charge in [-0.15, -0.1) is 11.3 Å². The molecule has 1 saturated heterocycles. The van der Waals surface area contributed by atoms with Gasteiger partial charge in [0.2, 0.25) is 10.0 Å². The highest BCUT2D eigenvalue weighted by molar-refractivity contribution is 7.89. The third-order valence-corrected chi connectivity index (χ3v) is 7.24. The van der Waals surface area contributed by atoms with Gasteiger partial charge in [-0.25, -0.2) is 8.42 Å². The van der Waals surface area contributed by atoms with Crippen molar-refractivity contribution in [2.45, 2.75) is 59.3 Å². The van der Waals surface area contributed by atoms with Gasteiger partial charge in [0.05, 0.1) is 24.5 Å². The first-order valence-corrected chi connectivity index (χ1v) is 12.4. The highest BCUT2D eigenvalue weighted by Gasteiger charge is 2.30. The molecule has 1 fully saturated rings. The number of thiophene rings is 1. The number of sulfonamides is 1. The van der Waals surface area contributed by atoms with E-state index < -0.39 is 10.0 Å². The normalized spacial score (nSPS) is 22.8. The topological polar surface area (TPSA) is 83.0 Å². The van der Waals surface area contributed by atoms with Crippen LogP contribution >= 0.6 is 11.3 Å². The van der Waals surface area contributed by atoms with Crippen LogP contribution in [0, 0.1) is 6.92 Å². The molecule has 0 saturated carbocycles. The molecule has 7 nitrogen and oxygen atoms in total. The molecular formula is C19H34N4O3S2. The van der Waals surface area contributed by atoms with E-state index in [1.54, 1.807) is 11.3 Å². The number of guanidine groups is 1. The predicted octanol–water partition coefficient (Wildman–Crippen LogP) is 1.98. The molecule has 9 heteroatoms. The van der Waals surface area contributed by atoms with Crippen molar-refractivity contribution in [2.24, 2.45) is 4.99 Å². The molecule has 1 aliphatic rings. The van der Waals surface area contributed by atoms with Crippen LogP contribution in [-0.4, -0.2) is 68.9 Å². The van der Waals surface area contributed by atoms with Gasteiger partial charge in [0.25, 0.3) is 0 Å². The fourth-order valence-corrected chi connectivity index (χ4v) is 5.73. The summed E-state index contributed by atoms with van der Waals surface area (Å²) in [5, 5.41) is 6.57. The van der Waals surface area contributed by atoms with Gasteiger partial charge < -0.3 is 15.4 Å². The average molecular weight is 431 g/mol. The van der Waals surface area contributed by atoms with Crippen LogP contribution < -0.4 is 10.6 Å². The van der Waals surface area contributed by atoms with Gasteiger partial charge in [-0.05, 0) is 46.8 Å². The highest BCUT2D eigenvalue weighted by Crippen LogP contribution is 2.17. The standard InChI is InChI=1S/C19H34N4O3S2/c1-6-20-19(22-14(2)11-18-8-7-17(5)27-18)21-9-10-28(24,25)23-12-15(3)26-16(4)13-23/h7-8,14-16H,6,9-13H2,1-5H3,(H2,20,21,22). The number of hydrogen-bond donors (Lipinski definition) is 2. The van der Waals surface area contributed by atoms with E-state index in [0.29, 0.717) is 19.0 Å². The molecule has 28 heavy (non-hydrogen) atoms. The molecule has 1 aliphatic heterocycles. The zero-order valence-corrected chi connectivity index (χ0v) is 19.2. The Labute approximate surface area is 173 Å². The third kappa shape index (κ3) is 7.35. The summed E-state index contributed by atoms with van der Waals surface area (Å²) in [6, 6.07) is 4.48. The second kappa shape index (κ2) is 10.6. The van der Waals surface area contributed by atoms with Crippen LogP contribution in [0.25, 0.3) is 0 Å². The molecule has 160 valence electrons. The Morgan fingerprint density at radius 3 is 2.61 bits per heavy atom. The highest BCUT2D eigenvalue weighted by atomic mass is 32.2. The molecule has 1 aromatic rings. The molecule has 2 heterocycles. The Morgan fingerprint density at radius 2 is 2.04 bits per heavy atom. The lowest BCUT2D eigenvalue weighted by molar-refractivity contribution is -0.0440. The van der Waals surface area contributed by atoms with Crippen molar-refractivity contribution >= 4 is 27.3 Å². The van der Waals surface area contributed by atoms with Crippen LogP contribution in [0.4, 0.5) is 0 Å². The summed E-state index contributed by atoms with van der Waals surface area (Å²) in [5.74, 6) is 0.656. The summed E-state index contributed by atoms with van der Waals surface area (Å²) in [6.07, 6.45) is 0.746. The number of ether oxygens (including phenoxy) is 1. The molecule has 3 atom stereocenters. The Kier molecular flexibility index (Phi) is 8.73. The van der Waals surface area contributed by atoms with Gasteiger partial charge in [-0.1, -0.05) is 0 Å². The maximum Gasteiger partial charge on any atom is 0.216 e. The molecule has 0 spiro atoms. The summed E-state index contributed by atoms with van der Waals surface area (Å²) in [6.45, 7) is 11.8. The van der Waals surface area contributed by atoms with Crippen molar-refractivity contribution in [1.82, 2.24) is 14.9 Å². The van der Waals surface area contributed by atoms with E-state index in [-0.39, 0.29) is 30.5 Å². The number of aryl methyl sites for hydroxylation is 1. The first-order chi connectivity index (χ1) is 13.2. The number of hydrogen-bond acceptors (Lipinski definition) is 5. The van der Waals surface area contributed by atoms with E-state index in [1.807, 2.05) is 20.8 Å². The van der Waals surface area contributed by atoms with E-state index >= 15 is 0 Å². The lowest BCUT2D eigenvalue weighted by Crippen LogP contribution is -2.49. The maximum absolute atomic E-state index is 12.6. The molecular weight excluding hydrogens is 396 g/mol. The molecule has 0 radical (unpaired) electrons. The average Bonchev–Trinajstić information content (AvgIpc) is 2.98. The summed E-state index contributed by atoms with van der Waals surface area (Å²) < 4.78 is 32.4. The Hall–Kier alpha value is -1.16. The van der Waals surface area contributed by atoms with Gasteiger partial charge in [0, 0.05) is 41.9 Å². The second-order valence-corrected chi connectivity index (χ2v) is 10.9. The van der Waals surface area contributed by atoms with Gasteiger partial charge in [-0.2, -0.15) is 4.31 Å². The van der Waals surface area contributed by atoms with Crippen molar-refractivity contribution in [1.29, 1.82) is 0 Å². The van der Waals surface area contributed by atoms with Gasteiger partial charge in [0.1, 0.15) is 0 Å². The summed E-state index contributed by atoms with van der Waals surface area (Å²) in [7, 11) is -3.34. The minimum absolute atomic E-state index is 0.00150. The van der Waals surface area contributed by atoms with Crippen molar-refractivity contribution in [2.75, 3.05) is 31.9 Å². The van der Waals surface area contributed by atoms with Crippen molar-refractivity contribution in [3.05, 3.63) is 21.9 Å². The minimum Gasteiger partial charge on any atom is -0.373 e. The zero-order chi connectivity index (χ0) is 20.7. The van der Waals surface area contributed by atoms with Crippen molar-refractivity contribution in [3.63, 3.8) is 0 Å². The Morgan fingerprint density at radius 1 is 1.36 bits per heavy atom. The van der Waals surface area contributed by atoms with Crippen LogP contribution in [0.1, 0.15) is 37.4 Å². The van der Waals surface area contributed by atoms with Crippen LogP contribution in [0.5, 0.6) is 0 Å². The summed E-state index contributed by atoms with van der Waals surface area (Å²) in [4.78, 5) is 7.11. The van der Waals surface area contributed by atoms with E-state index in [1.165, 1.54) is 14.1 Å². The minimum atomic E-state index is -3.34. The number of nitrogens with zero attached hydrogens (tertiary/aromatic N) is 2. The molecule has 2 rings (SSSR count). The van der Waals surface area contributed by atoms with Gasteiger partial charge >= 0.3 is 0 Å². The molecule has 2 N–H and O–H groups in total. The Bertz CT molecular complexity index is 738. The monoisotopic (exact) mass is 430 g/mol. The fourth-order valence-electron chi connectivity index (χ4n) is 3.26. The first-order valence-electron chi connectivity index (χ1n) is 9.93. The van der Waals surface area contributed by atoms with Gasteiger partial charge in [0.15, 0.2) is 5.96 Å². The molecule has 0 bridgehead atoms. The second-order valence-electron chi connectivity index (χ2n) is 7.41. The van der Waals surface area contributed by atoms with Gasteiger partial charge in [-0.3, -0.25) is 4.99 Å². The molecule has 0 amide bonds.